The molecule has 1 atom stereocenters. The summed E-state index contributed by atoms with van der Waals surface area (Å²) in [6.07, 6.45) is 1.58. The molecular formula is C13H24N4O2S2. The Balaban J connectivity index is 2.41. The maximum atomic E-state index is 12.5. The van der Waals surface area contributed by atoms with Crippen LogP contribution in [0, 0.1) is 0 Å². The number of nitrogens with zero attached hydrogens (tertiary/aromatic N) is 3. The van der Waals surface area contributed by atoms with Crippen molar-refractivity contribution in [3.8, 4) is 0 Å². The molecule has 8 heteroatoms. The van der Waals surface area contributed by atoms with Crippen molar-refractivity contribution in [2.24, 2.45) is 0 Å². The first-order valence-electron chi connectivity index (χ1n) is 7.30. The minimum absolute atomic E-state index is 0.116. The Kier molecular flexibility index (Phi) is 5.11. The van der Waals surface area contributed by atoms with E-state index in [-0.39, 0.29) is 22.5 Å². The predicted molar refractivity (Wildman–Crippen MR) is 87.8 cm³/mol. The Morgan fingerprint density at radius 2 is 2.14 bits per heavy atom. The van der Waals surface area contributed by atoms with Gasteiger partial charge < -0.3 is 15.5 Å². The summed E-state index contributed by atoms with van der Waals surface area (Å²) in [7, 11) is -1.27. The molecule has 0 amide bonds. The number of anilines is 2. The van der Waals surface area contributed by atoms with E-state index >= 15 is 0 Å². The summed E-state index contributed by atoms with van der Waals surface area (Å²) in [5.74, 6) is 0.262. The number of aromatic nitrogens is 1. The van der Waals surface area contributed by atoms with Crippen molar-refractivity contribution in [3.05, 3.63) is 0 Å². The van der Waals surface area contributed by atoms with Crippen LogP contribution < -0.4 is 10.6 Å². The second-order valence-corrected chi connectivity index (χ2v) is 8.48. The van der Waals surface area contributed by atoms with E-state index in [2.05, 4.69) is 28.1 Å². The minimum atomic E-state index is -3.36. The highest BCUT2D eigenvalue weighted by Gasteiger charge is 2.31. The van der Waals surface area contributed by atoms with Crippen LogP contribution in [-0.2, 0) is 9.84 Å². The number of likely N-dealkylation sites (N-methyl/N-ethyl adjacent to an activating group) is 1. The first-order chi connectivity index (χ1) is 9.86. The summed E-state index contributed by atoms with van der Waals surface area (Å²) in [6.45, 7) is 6.74. The summed E-state index contributed by atoms with van der Waals surface area (Å²) in [5, 5.41) is 0.712. The summed E-state index contributed by atoms with van der Waals surface area (Å²) in [4.78, 5) is 4.67. The van der Waals surface area contributed by atoms with Crippen molar-refractivity contribution in [1.82, 2.24) is 9.27 Å². The summed E-state index contributed by atoms with van der Waals surface area (Å²) in [6, 6.07) is 0.243. The van der Waals surface area contributed by atoms with Crippen LogP contribution in [-0.4, -0.2) is 56.2 Å². The van der Waals surface area contributed by atoms with E-state index in [0.29, 0.717) is 11.4 Å². The molecular weight excluding hydrogens is 308 g/mol. The Hall–Kier alpha value is -0.860. The smallest absolute Gasteiger partial charge is 0.185 e. The van der Waals surface area contributed by atoms with Crippen LogP contribution >= 0.6 is 11.5 Å². The number of sulfone groups is 1. The Bertz CT molecular complexity index is 585. The molecule has 0 radical (unpaired) electrons. The SMILES string of the molecule is CCCS(=O)(=O)c1c(N)nsc1N1CCCN(C)CC1C. The maximum Gasteiger partial charge on any atom is 0.185 e. The Morgan fingerprint density at radius 1 is 1.43 bits per heavy atom. The van der Waals surface area contributed by atoms with Crippen molar-refractivity contribution in [2.45, 2.75) is 37.6 Å². The monoisotopic (exact) mass is 332 g/mol. The van der Waals surface area contributed by atoms with Crippen LogP contribution in [0.3, 0.4) is 0 Å². The van der Waals surface area contributed by atoms with Gasteiger partial charge in [0.25, 0.3) is 0 Å². The van der Waals surface area contributed by atoms with Crippen LogP contribution in [0.5, 0.6) is 0 Å². The minimum Gasteiger partial charge on any atom is -0.382 e. The molecule has 1 aliphatic rings. The van der Waals surface area contributed by atoms with E-state index < -0.39 is 9.84 Å². The van der Waals surface area contributed by atoms with E-state index in [1.54, 1.807) is 0 Å². The molecule has 2 rings (SSSR count). The average molecular weight is 332 g/mol. The number of nitrogen functional groups attached to an aromatic ring is 1. The molecule has 1 aromatic rings. The van der Waals surface area contributed by atoms with Crippen LogP contribution in [0.1, 0.15) is 26.7 Å². The first-order valence-corrected chi connectivity index (χ1v) is 9.72. The van der Waals surface area contributed by atoms with E-state index in [0.717, 1.165) is 26.1 Å². The number of hydrogen-bond acceptors (Lipinski definition) is 7. The van der Waals surface area contributed by atoms with E-state index in [9.17, 15) is 8.42 Å². The van der Waals surface area contributed by atoms with Crippen molar-refractivity contribution in [3.63, 3.8) is 0 Å². The molecule has 2 heterocycles. The van der Waals surface area contributed by atoms with Crippen LogP contribution in [0.25, 0.3) is 0 Å². The van der Waals surface area contributed by atoms with Gasteiger partial charge in [0.1, 0.15) is 9.90 Å². The molecule has 2 N–H and O–H groups in total. The van der Waals surface area contributed by atoms with Gasteiger partial charge >= 0.3 is 0 Å². The summed E-state index contributed by atoms with van der Waals surface area (Å²) >= 11 is 1.20. The molecule has 1 saturated heterocycles. The van der Waals surface area contributed by atoms with E-state index in [1.807, 2.05) is 6.92 Å². The lowest BCUT2D eigenvalue weighted by atomic mass is 10.3. The van der Waals surface area contributed by atoms with Crippen LogP contribution in [0.2, 0.25) is 0 Å². The van der Waals surface area contributed by atoms with Gasteiger partial charge in [-0.25, -0.2) is 8.42 Å². The van der Waals surface area contributed by atoms with Crippen molar-refractivity contribution < 1.29 is 8.42 Å². The normalized spacial score (nSPS) is 21.5. The van der Waals surface area contributed by atoms with Gasteiger partial charge in [-0.1, -0.05) is 6.92 Å². The number of rotatable bonds is 4. The van der Waals surface area contributed by atoms with Gasteiger partial charge in [-0.15, -0.1) is 0 Å². The third-order valence-electron chi connectivity index (χ3n) is 3.75. The third kappa shape index (κ3) is 3.49. The first kappa shape index (κ1) is 16.5. The lowest BCUT2D eigenvalue weighted by Gasteiger charge is -2.29. The second-order valence-electron chi connectivity index (χ2n) is 5.68. The van der Waals surface area contributed by atoms with E-state index in [4.69, 9.17) is 5.73 Å². The van der Waals surface area contributed by atoms with Crippen LogP contribution in [0.15, 0.2) is 4.90 Å². The summed E-state index contributed by atoms with van der Waals surface area (Å²) in [5.41, 5.74) is 5.86. The zero-order valence-corrected chi connectivity index (χ0v) is 14.5. The lowest BCUT2D eigenvalue weighted by Crippen LogP contribution is -2.38. The fourth-order valence-corrected chi connectivity index (χ4v) is 5.68. The topological polar surface area (TPSA) is 79.5 Å². The fourth-order valence-electron chi connectivity index (χ4n) is 2.80. The fraction of sp³-hybridized carbons (Fsp3) is 0.769. The van der Waals surface area contributed by atoms with Crippen LogP contribution in [0.4, 0.5) is 10.8 Å². The molecule has 120 valence electrons. The molecule has 0 aromatic carbocycles. The molecule has 6 nitrogen and oxygen atoms in total. The van der Waals surface area contributed by atoms with Crippen molar-refractivity contribution in [2.75, 3.05) is 43.1 Å². The predicted octanol–water partition coefficient (Wildman–Crippen LogP) is 1.44. The van der Waals surface area contributed by atoms with Gasteiger partial charge in [-0.2, -0.15) is 4.37 Å². The molecule has 0 aliphatic carbocycles. The number of nitrogens with two attached hydrogens (primary N) is 1. The molecule has 1 fully saturated rings. The lowest BCUT2D eigenvalue weighted by molar-refractivity contribution is 0.337. The zero-order chi connectivity index (χ0) is 15.6. The van der Waals surface area contributed by atoms with Crippen molar-refractivity contribution >= 4 is 32.2 Å². The van der Waals surface area contributed by atoms with Gasteiger partial charge in [0.2, 0.25) is 0 Å². The Labute approximate surface area is 131 Å². The van der Waals surface area contributed by atoms with Gasteiger partial charge in [-0.05, 0) is 44.9 Å². The van der Waals surface area contributed by atoms with Gasteiger partial charge in [-0.3, -0.25) is 0 Å². The maximum absolute atomic E-state index is 12.5. The molecule has 1 unspecified atom stereocenters. The highest BCUT2D eigenvalue weighted by molar-refractivity contribution is 7.91. The largest absolute Gasteiger partial charge is 0.382 e. The molecule has 0 spiro atoms. The molecule has 0 saturated carbocycles. The highest BCUT2D eigenvalue weighted by Crippen LogP contribution is 2.37. The van der Waals surface area contributed by atoms with Gasteiger partial charge in [0, 0.05) is 19.1 Å². The molecule has 21 heavy (non-hydrogen) atoms. The number of hydrogen-bond donors (Lipinski definition) is 1. The van der Waals surface area contributed by atoms with E-state index in [1.165, 1.54) is 11.5 Å². The summed E-state index contributed by atoms with van der Waals surface area (Å²) < 4.78 is 29.1. The molecule has 0 bridgehead atoms. The Morgan fingerprint density at radius 3 is 2.81 bits per heavy atom. The quantitative estimate of drug-likeness (QED) is 0.899. The molecule has 1 aliphatic heterocycles. The zero-order valence-electron chi connectivity index (χ0n) is 12.9. The van der Waals surface area contributed by atoms with Crippen molar-refractivity contribution in [1.29, 1.82) is 0 Å². The van der Waals surface area contributed by atoms with Gasteiger partial charge in [0.05, 0.1) is 5.75 Å². The third-order valence-corrected chi connectivity index (χ3v) is 6.75. The average Bonchev–Trinajstić information content (AvgIpc) is 2.68. The molecule has 1 aromatic heterocycles. The highest BCUT2D eigenvalue weighted by atomic mass is 32.2. The second kappa shape index (κ2) is 6.50. The standard InChI is InChI=1S/C13H24N4O2S2/c1-4-8-21(18,19)11-12(14)15-20-13(11)17-7-5-6-16(3)9-10(17)2/h10H,4-9H2,1-3H3,(H2,14,15). The van der Waals surface area contributed by atoms with Gasteiger partial charge in [0.15, 0.2) is 15.7 Å².